The standard InChI is InChI=1S/C15H24BrN3OS/c1-3-18(10-13-6-7-14(16)21-13)15(20)11-19-8-4-5-12(19)9-17-2/h6-7,12,17H,3-5,8-11H2,1-2H3. The predicted octanol–water partition coefficient (Wildman–Crippen LogP) is 2.54. The second-order valence-corrected chi connectivity index (χ2v) is 7.99. The lowest BCUT2D eigenvalue weighted by Crippen LogP contribution is -2.44. The highest BCUT2D eigenvalue weighted by molar-refractivity contribution is 9.11. The summed E-state index contributed by atoms with van der Waals surface area (Å²) in [4.78, 5) is 18.1. The molecule has 1 amide bonds. The van der Waals surface area contributed by atoms with Crippen LogP contribution in [0.3, 0.4) is 0 Å². The minimum Gasteiger partial charge on any atom is -0.337 e. The van der Waals surface area contributed by atoms with Gasteiger partial charge in [-0.25, -0.2) is 0 Å². The van der Waals surface area contributed by atoms with Crippen molar-refractivity contribution in [2.45, 2.75) is 32.4 Å². The number of nitrogens with one attached hydrogen (secondary N) is 1. The number of thiophene rings is 1. The first-order chi connectivity index (χ1) is 10.1. The quantitative estimate of drug-likeness (QED) is 0.797. The van der Waals surface area contributed by atoms with Gasteiger partial charge in [0, 0.05) is 24.0 Å². The maximum atomic E-state index is 12.5. The Balaban J connectivity index is 1.90. The lowest BCUT2D eigenvalue weighted by molar-refractivity contribution is -0.133. The Kier molecular flexibility index (Phi) is 6.67. The van der Waals surface area contributed by atoms with Crippen LogP contribution >= 0.6 is 27.3 Å². The fourth-order valence-corrected chi connectivity index (χ4v) is 4.34. The van der Waals surface area contributed by atoms with E-state index in [1.165, 1.54) is 17.7 Å². The van der Waals surface area contributed by atoms with Gasteiger partial charge in [-0.2, -0.15) is 0 Å². The molecule has 0 aromatic carbocycles. The maximum Gasteiger partial charge on any atom is 0.237 e. The van der Waals surface area contributed by atoms with E-state index < -0.39 is 0 Å². The molecular weight excluding hydrogens is 350 g/mol. The molecule has 1 atom stereocenters. The Labute approximate surface area is 139 Å². The van der Waals surface area contributed by atoms with E-state index in [4.69, 9.17) is 0 Å². The smallest absolute Gasteiger partial charge is 0.237 e. The van der Waals surface area contributed by atoms with E-state index in [0.717, 1.165) is 30.0 Å². The first kappa shape index (κ1) is 16.9. The van der Waals surface area contributed by atoms with Crippen molar-refractivity contribution in [2.75, 3.05) is 33.2 Å². The number of halogens is 1. The first-order valence-electron chi connectivity index (χ1n) is 7.54. The second-order valence-electron chi connectivity index (χ2n) is 5.44. The van der Waals surface area contributed by atoms with Gasteiger partial charge in [-0.05, 0) is 61.4 Å². The number of carbonyl (C=O) groups excluding carboxylic acids is 1. The average molecular weight is 374 g/mol. The monoisotopic (exact) mass is 373 g/mol. The Hall–Kier alpha value is -0.430. The van der Waals surface area contributed by atoms with Gasteiger partial charge < -0.3 is 10.2 Å². The highest BCUT2D eigenvalue weighted by Gasteiger charge is 2.27. The van der Waals surface area contributed by atoms with Crippen molar-refractivity contribution in [3.8, 4) is 0 Å². The van der Waals surface area contributed by atoms with Crippen molar-refractivity contribution < 1.29 is 4.79 Å². The van der Waals surface area contributed by atoms with Crippen LogP contribution in [0.5, 0.6) is 0 Å². The van der Waals surface area contributed by atoms with Crippen LogP contribution < -0.4 is 5.32 Å². The Morgan fingerprint density at radius 1 is 1.57 bits per heavy atom. The Morgan fingerprint density at radius 2 is 2.38 bits per heavy atom. The largest absolute Gasteiger partial charge is 0.337 e. The second kappa shape index (κ2) is 8.27. The molecule has 118 valence electrons. The summed E-state index contributed by atoms with van der Waals surface area (Å²) >= 11 is 5.18. The van der Waals surface area contributed by atoms with Gasteiger partial charge >= 0.3 is 0 Å². The fraction of sp³-hybridized carbons (Fsp3) is 0.667. The molecule has 0 saturated carbocycles. The number of nitrogens with zero attached hydrogens (tertiary/aromatic N) is 2. The van der Waals surface area contributed by atoms with E-state index in [9.17, 15) is 4.79 Å². The third kappa shape index (κ3) is 4.77. The molecule has 1 fully saturated rings. The zero-order chi connectivity index (χ0) is 15.2. The van der Waals surface area contributed by atoms with E-state index in [-0.39, 0.29) is 5.91 Å². The van der Waals surface area contributed by atoms with Crippen molar-refractivity contribution in [2.24, 2.45) is 0 Å². The van der Waals surface area contributed by atoms with Crippen molar-refractivity contribution in [3.63, 3.8) is 0 Å². The maximum absolute atomic E-state index is 12.5. The molecule has 1 saturated heterocycles. The van der Waals surface area contributed by atoms with Gasteiger partial charge in [0.25, 0.3) is 0 Å². The molecule has 21 heavy (non-hydrogen) atoms. The summed E-state index contributed by atoms with van der Waals surface area (Å²) in [7, 11) is 1.98. The zero-order valence-corrected chi connectivity index (χ0v) is 15.2. The molecule has 1 aliphatic heterocycles. The summed E-state index contributed by atoms with van der Waals surface area (Å²) in [5, 5.41) is 3.23. The van der Waals surface area contributed by atoms with Crippen LogP contribution in [-0.2, 0) is 11.3 Å². The molecule has 2 heterocycles. The van der Waals surface area contributed by atoms with Gasteiger partial charge in [0.1, 0.15) is 0 Å². The van der Waals surface area contributed by atoms with Crippen LogP contribution in [0.4, 0.5) is 0 Å². The van der Waals surface area contributed by atoms with E-state index >= 15 is 0 Å². The number of likely N-dealkylation sites (N-methyl/N-ethyl adjacent to an activating group) is 2. The molecule has 6 heteroatoms. The van der Waals surface area contributed by atoms with Gasteiger partial charge in [-0.1, -0.05) is 0 Å². The summed E-state index contributed by atoms with van der Waals surface area (Å²) in [5.74, 6) is 0.241. The predicted molar refractivity (Wildman–Crippen MR) is 91.6 cm³/mol. The molecule has 1 aromatic rings. The highest BCUT2D eigenvalue weighted by atomic mass is 79.9. The van der Waals surface area contributed by atoms with Gasteiger partial charge in [-0.15, -0.1) is 11.3 Å². The molecule has 0 bridgehead atoms. The lowest BCUT2D eigenvalue weighted by Gasteiger charge is -2.27. The average Bonchev–Trinajstić information content (AvgIpc) is 3.06. The third-order valence-electron chi connectivity index (χ3n) is 3.99. The van der Waals surface area contributed by atoms with Crippen LogP contribution in [0, 0.1) is 0 Å². The van der Waals surface area contributed by atoms with Crippen molar-refractivity contribution in [1.82, 2.24) is 15.1 Å². The number of carbonyl (C=O) groups is 1. The van der Waals surface area contributed by atoms with Crippen LogP contribution in [0.1, 0.15) is 24.6 Å². The van der Waals surface area contributed by atoms with E-state index in [1.54, 1.807) is 11.3 Å². The Morgan fingerprint density at radius 3 is 3.00 bits per heavy atom. The molecule has 4 nitrogen and oxygen atoms in total. The van der Waals surface area contributed by atoms with Gasteiger partial charge in [0.15, 0.2) is 0 Å². The molecule has 1 aliphatic rings. The molecule has 1 N–H and O–H groups in total. The summed E-state index contributed by atoms with van der Waals surface area (Å²) in [6, 6.07) is 4.64. The number of amides is 1. The van der Waals surface area contributed by atoms with E-state index in [1.807, 2.05) is 18.0 Å². The molecule has 0 aliphatic carbocycles. The number of likely N-dealkylation sites (tertiary alicyclic amines) is 1. The number of hydrogen-bond acceptors (Lipinski definition) is 4. The lowest BCUT2D eigenvalue weighted by atomic mass is 10.2. The van der Waals surface area contributed by atoms with Gasteiger partial charge in [0.05, 0.1) is 16.9 Å². The summed E-state index contributed by atoms with van der Waals surface area (Å²) < 4.78 is 1.12. The van der Waals surface area contributed by atoms with Crippen LogP contribution in [0.15, 0.2) is 15.9 Å². The van der Waals surface area contributed by atoms with Crippen molar-refractivity contribution >= 4 is 33.2 Å². The normalized spacial score (nSPS) is 19.1. The van der Waals surface area contributed by atoms with Crippen LogP contribution in [0.25, 0.3) is 0 Å². The fourth-order valence-electron chi connectivity index (χ4n) is 2.84. The van der Waals surface area contributed by atoms with Gasteiger partial charge in [0.2, 0.25) is 5.91 Å². The summed E-state index contributed by atoms with van der Waals surface area (Å²) in [6.07, 6.45) is 2.39. The van der Waals surface area contributed by atoms with Crippen LogP contribution in [0.2, 0.25) is 0 Å². The topological polar surface area (TPSA) is 35.6 Å². The molecule has 0 spiro atoms. The molecule has 1 unspecified atom stereocenters. The Bertz CT molecular complexity index is 466. The van der Waals surface area contributed by atoms with Gasteiger partial charge in [-0.3, -0.25) is 9.69 Å². The van der Waals surface area contributed by atoms with Crippen molar-refractivity contribution in [1.29, 1.82) is 0 Å². The summed E-state index contributed by atoms with van der Waals surface area (Å²) in [6.45, 7) is 6.09. The SMILES string of the molecule is CCN(Cc1ccc(Br)s1)C(=O)CN1CCCC1CNC. The summed E-state index contributed by atoms with van der Waals surface area (Å²) in [5.41, 5.74) is 0. The van der Waals surface area contributed by atoms with Crippen LogP contribution in [-0.4, -0.2) is 55.0 Å². The van der Waals surface area contributed by atoms with E-state index in [2.05, 4.69) is 39.1 Å². The zero-order valence-electron chi connectivity index (χ0n) is 12.8. The number of rotatable bonds is 7. The first-order valence-corrected chi connectivity index (χ1v) is 9.15. The molecular formula is C15H24BrN3OS. The van der Waals surface area contributed by atoms with Crippen molar-refractivity contribution in [3.05, 3.63) is 20.8 Å². The number of hydrogen-bond donors (Lipinski definition) is 1. The third-order valence-corrected chi connectivity index (χ3v) is 5.60. The minimum atomic E-state index is 0.241. The van der Waals surface area contributed by atoms with E-state index in [0.29, 0.717) is 12.6 Å². The molecule has 1 aromatic heterocycles. The molecule has 2 rings (SSSR count). The minimum absolute atomic E-state index is 0.241. The molecule has 0 radical (unpaired) electrons. The highest BCUT2D eigenvalue weighted by Crippen LogP contribution is 2.23.